The third-order valence-corrected chi connectivity index (χ3v) is 13.6. The maximum Gasteiger partial charge on any atom is 0.315 e. The van der Waals surface area contributed by atoms with Gasteiger partial charge in [-0.15, -0.1) is 6.58 Å². The fourth-order valence-electron chi connectivity index (χ4n) is 8.43. The van der Waals surface area contributed by atoms with Crippen molar-refractivity contribution in [1.82, 2.24) is 30.5 Å². The molecule has 6 atom stereocenters. The summed E-state index contributed by atoms with van der Waals surface area (Å²) in [7, 11) is -2.07. The van der Waals surface area contributed by atoms with E-state index in [9.17, 15) is 32.4 Å². The number of hydrogen-bond acceptors (Lipinski definition) is 7. The van der Waals surface area contributed by atoms with Gasteiger partial charge < -0.3 is 26.2 Å². The van der Waals surface area contributed by atoms with Gasteiger partial charge in [0.2, 0.25) is 27.6 Å². The normalized spacial score (nSPS) is 23.8. The van der Waals surface area contributed by atoms with Crippen LogP contribution in [0.3, 0.4) is 0 Å². The predicted octanol–water partition coefficient (Wildman–Crippen LogP) is 2.40. The summed E-state index contributed by atoms with van der Waals surface area (Å²) in [6.45, 7) is 13.9. The largest absolute Gasteiger partial charge is 0.346 e. The number of likely N-dealkylation sites (tertiary alicyclic amines) is 1. The summed E-state index contributed by atoms with van der Waals surface area (Å²) in [5.41, 5.74) is 1.43. The lowest BCUT2D eigenvalue weighted by Crippen LogP contribution is -2.62. The lowest BCUT2D eigenvalue weighted by atomic mass is 9.80. The van der Waals surface area contributed by atoms with Crippen LogP contribution >= 0.6 is 0 Å². The first-order valence-electron chi connectivity index (χ1n) is 18.8. The van der Waals surface area contributed by atoms with Crippen LogP contribution in [0.15, 0.2) is 36.9 Å². The zero-order chi connectivity index (χ0) is 39.0. The number of rotatable bonds is 15. The van der Waals surface area contributed by atoms with Crippen molar-refractivity contribution in [3.63, 3.8) is 0 Å². The summed E-state index contributed by atoms with van der Waals surface area (Å²) < 4.78 is 25.7. The Hall–Kier alpha value is -3.78. The molecule has 4 N–H and O–H groups in total. The molecule has 1 aliphatic heterocycles. The molecule has 3 fully saturated rings. The van der Waals surface area contributed by atoms with E-state index in [-0.39, 0.29) is 48.1 Å². The third-order valence-electron chi connectivity index (χ3n) is 12.3. The predicted molar refractivity (Wildman–Crippen MR) is 202 cm³/mol. The van der Waals surface area contributed by atoms with E-state index < -0.39 is 63.2 Å². The summed E-state index contributed by atoms with van der Waals surface area (Å²) in [5, 5.41) is 11.4. The molecular weight excluding hydrogens is 697 g/mol. The minimum Gasteiger partial charge on any atom is -0.346 e. The number of likely N-dealkylation sites (N-methyl/N-ethyl adjacent to an activating group) is 1. The third kappa shape index (κ3) is 8.96. The molecule has 5 amide bonds. The van der Waals surface area contributed by atoms with Gasteiger partial charge >= 0.3 is 6.03 Å². The molecule has 0 bridgehead atoms. The van der Waals surface area contributed by atoms with Gasteiger partial charge in [-0.2, -0.15) is 0 Å². The Morgan fingerprint density at radius 3 is 2.19 bits per heavy atom. The lowest BCUT2D eigenvalue weighted by molar-refractivity contribution is -0.144. The molecule has 53 heavy (non-hydrogen) atoms. The number of urea groups is 1. The Morgan fingerprint density at radius 1 is 1.04 bits per heavy atom. The molecule has 3 aliphatic carbocycles. The summed E-state index contributed by atoms with van der Waals surface area (Å²) in [6.07, 6.45) is 6.89. The lowest BCUT2D eigenvalue weighted by Gasteiger charge is -2.37. The Morgan fingerprint density at radius 2 is 1.66 bits per heavy atom. The van der Waals surface area contributed by atoms with E-state index in [0.717, 1.165) is 36.6 Å². The number of nitrogens with one attached hydrogen (secondary N) is 4. The van der Waals surface area contributed by atoms with E-state index >= 15 is 0 Å². The molecule has 292 valence electrons. The van der Waals surface area contributed by atoms with Gasteiger partial charge in [0.25, 0.3) is 5.91 Å². The molecule has 1 saturated heterocycles. The van der Waals surface area contributed by atoms with Gasteiger partial charge in [0.15, 0.2) is 0 Å². The highest BCUT2D eigenvalue weighted by Gasteiger charge is 2.70. The summed E-state index contributed by atoms with van der Waals surface area (Å²) in [4.78, 5) is 70.8. The molecule has 13 nitrogen and oxygen atoms in total. The van der Waals surface area contributed by atoms with Crippen LogP contribution < -0.4 is 21.3 Å². The number of carbonyl (C=O) groups excluding carboxylic acids is 5. The minimum atomic E-state index is -3.52. The van der Waals surface area contributed by atoms with Crippen LogP contribution in [0.25, 0.3) is 0 Å². The Labute approximate surface area is 314 Å². The van der Waals surface area contributed by atoms with Gasteiger partial charge in [0.1, 0.15) is 12.1 Å². The zero-order valence-electron chi connectivity index (χ0n) is 32.2. The standard InChI is InChI=1S/C39H58N6O7S/c1-9-17-40-35(48)33(46)28(18-23-13-12-14-23)41-34(47)32-30-27(39(30,5)6)21-45(32)36(49)31(26-19-24-15-10-11-16-25(24)20-26)43-37(50)42-29(38(2,3)4)22-44(7)53(8,51)52/h9-11,15-16,23,26-32H,1,12-14,17-22H2,2-8H3,(H,40,48)(H,41,47)(H2,42,43,50)/t27-,28?,29+,30-,31-,32-/m0/s1. The topological polar surface area (TPSA) is 174 Å². The molecule has 1 aromatic carbocycles. The quantitative estimate of drug-likeness (QED) is 0.157. The number of carbonyl (C=O) groups is 5. The molecule has 0 radical (unpaired) electrons. The molecule has 1 heterocycles. The average molecular weight is 755 g/mol. The van der Waals surface area contributed by atoms with Crippen LogP contribution in [0, 0.1) is 34.5 Å². The number of benzene rings is 1. The minimum absolute atomic E-state index is 0.0302. The molecule has 0 aromatic heterocycles. The maximum atomic E-state index is 14.9. The fourth-order valence-corrected chi connectivity index (χ4v) is 8.85. The average Bonchev–Trinajstić information content (AvgIpc) is 3.41. The zero-order valence-corrected chi connectivity index (χ0v) is 33.1. The second-order valence-corrected chi connectivity index (χ2v) is 19.4. The van der Waals surface area contributed by atoms with Gasteiger partial charge in [-0.05, 0) is 64.9 Å². The van der Waals surface area contributed by atoms with Crippen molar-refractivity contribution in [1.29, 1.82) is 0 Å². The monoisotopic (exact) mass is 754 g/mol. The Balaban J connectivity index is 1.40. The number of Topliss-reactive ketones (excluding diaryl/α,β-unsaturated/α-hetero) is 1. The smallest absolute Gasteiger partial charge is 0.315 e. The number of hydrogen-bond donors (Lipinski definition) is 4. The van der Waals surface area contributed by atoms with E-state index in [2.05, 4.69) is 41.7 Å². The summed E-state index contributed by atoms with van der Waals surface area (Å²) in [6, 6.07) is 3.80. The number of fused-ring (bicyclic) bond motifs is 2. The van der Waals surface area contributed by atoms with Gasteiger partial charge in [0.05, 0.1) is 12.3 Å². The second kappa shape index (κ2) is 15.5. The first-order valence-corrected chi connectivity index (χ1v) is 20.7. The molecule has 0 spiro atoms. The van der Waals surface area contributed by atoms with E-state index in [4.69, 9.17) is 0 Å². The van der Waals surface area contributed by atoms with Gasteiger partial charge in [0, 0.05) is 32.7 Å². The van der Waals surface area contributed by atoms with Crippen molar-refractivity contribution >= 4 is 39.6 Å². The van der Waals surface area contributed by atoms with Crippen molar-refractivity contribution in [3.05, 3.63) is 48.0 Å². The first kappa shape index (κ1) is 40.4. The molecule has 2 saturated carbocycles. The van der Waals surface area contributed by atoms with Crippen LogP contribution in [-0.4, -0.2) is 104 Å². The molecule has 4 aliphatic rings. The Kier molecular flexibility index (Phi) is 11.8. The highest BCUT2D eigenvalue weighted by molar-refractivity contribution is 7.88. The molecule has 1 unspecified atom stereocenters. The SMILES string of the molecule is C=CCNC(=O)C(=O)C(CC1CCC1)NC(=O)[C@@H]1[C@@H]2[C@H](CN1C(=O)[C@@H](NC(=O)N[C@H](CN(C)S(C)(=O)=O)C(C)(C)C)C1Cc3ccccc3C1)C2(C)C. The number of nitrogens with zero attached hydrogens (tertiary/aromatic N) is 2. The molecule has 1 aromatic rings. The van der Waals surface area contributed by atoms with E-state index in [0.29, 0.717) is 25.8 Å². The van der Waals surface area contributed by atoms with Crippen molar-refractivity contribution in [2.24, 2.45) is 34.5 Å². The van der Waals surface area contributed by atoms with Crippen LogP contribution in [0.1, 0.15) is 71.4 Å². The number of ketones is 1. The van der Waals surface area contributed by atoms with Crippen molar-refractivity contribution < 1.29 is 32.4 Å². The summed E-state index contributed by atoms with van der Waals surface area (Å²) in [5.74, 6) is -2.55. The van der Waals surface area contributed by atoms with Crippen LogP contribution in [0.5, 0.6) is 0 Å². The number of sulfonamides is 1. The van der Waals surface area contributed by atoms with Gasteiger partial charge in [-0.1, -0.05) is 84.2 Å². The molecular formula is C39H58N6O7S. The van der Waals surface area contributed by atoms with Crippen molar-refractivity contribution in [2.45, 2.75) is 97.3 Å². The number of amides is 5. The summed E-state index contributed by atoms with van der Waals surface area (Å²) >= 11 is 0. The molecule has 5 rings (SSSR count). The highest BCUT2D eigenvalue weighted by Crippen LogP contribution is 2.65. The van der Waals surface area contributed by atoms with Crippen molar-refractivity contribution in [3.8, 4) is 0 Å². The van der Waals surface area contributed by atoms with E-state index in [1.54, 1.807) is 4.90 Å². The number of piperidine rings is 1. The van der Waals surface area contributed by atoms with Crippen LogP contribution in [0.2, 0.25) is 0 Å². The van der Waals surface area contributed by atoms with Gasteiger partial charge in [-0.25, -0.2) is 17.5 Å². The molecule has 14 heteroatoms. The first-order chi connectivity index (χ1) is 24.7. The maximum absolute atomic E-state index is 14.9. The van der Waals surface area contributed by atoms with Crippen LogP contribution in [-0.2, 0) is 42.0 Å². The van der Waals surface area contributed by atoms with Crippen LogP contribution in [0.4, 0.5) is 4.79 Å². The second-order valence-electron chi connectivity index (χ2n) is 17.3. The van der Waals surface area contributed by atoms with Gasteiger partial charge in [-0.3, -0.25) is 19.2 Å². The van der Waals surface area contributed by atoms with Crippen molar-refractivity contribution in [2.75, 3.05) is 32.9 Å². The Bertz CT molecular complexity index is 1690. The van der Waals surface area contributed by atoms with E-state index in [1.807, 2.05) is 45.0 Å². The fraction of sp³-hybridized carbons (Fsp3) is 0.667. The van der Waals surface area contributed by atoms with E-state index in [1.165, 1.54) is 17.4 Å². The highest BCUT2D eigenvalue weighted by atomic mass is 32.2.